The van der Waals surface area contributed by atoms with Crippen LogP contribution in [-0.4, -0.2) is 23.3 Å². The fraction of sp³-hybridized carbons (Fsp3) is 0.333. The lowest BCUT2D eigenvalue weighted by molar-refractivity contribution is -0.141. The predicted molar refractivity (Wildman–Crippen MR) is 92.9 cm³/mol. The number of anilines is 1. The molecule has 0 amide bonds. The number of nitrogens with two attached hydrogens (primary N) is 1. The average Bonchev–Trinajstić information content (AvgIpc) is 3.06. The number of nitrogens with one attached hydrogen (secondary N) is 1. The second kappa shape index (κ2) is 6.87. The minimum Gasteiger partial charge on any atom is -0.420 e. The minimum absolute atomic E-state index is 0.0787. The maximum Gasteiger partial charge on any atom is 0.433 e. The van der Waals surface area contributed by atoms with Crippen LogP contribution < -0.4 is 15.4 Å². The zero-order valence-corrected chi connectivity index (χ0v) is 14.8. The van der Waals surface area contributed by atoms with E-state index in [-0.39, 0.29) is 22.9 Å². The van der Waals surface area contributed by atoms with Gasteiger partial charge < -0.3 is 15.4 Å². The van der Waals surface area contributed by atoms with E-state index in [2.05, 4.69) is 10.00 Å². The first-order valence-electron chi connectivity index (χ1n) is 8.39. The molecule has 142 valence electrons. The molecule has 1 aliphatic heterocycles. The molecule has 0 aliphatic carbocycles. The molecule has 0 spiro atoms. The van der Waals surface area contributed by atoms with Crippen LogP contribution in [0, 0.1) is 11.3 Å². The highest BCUT2D eigenvalue weighted by molar-refractivity contribution is 5.57. The zero-order chi connectivity index (χ0) is 19.8. The quantitative estimate of drug-likeness (QED) is 0.851. The Hall–Kier alpha value is -3.15. The number of benzene rings is 1. The van der Waals surface area contributed by atoms with Crippen molar-refractivity contribution in [3.8, 4) is 11.9 Å². The zero-order valence-electron chi connectivity index (χ0n) is 14.8. The van der Waals surface area contributed by atoms with Crippen molar-refractivity contribution < 1.29 is 17.9 Å². The Morgan fingerprint density at radius 2 is 1.89 bits per heavy atom. The summed E-state index contributed by atoms with van der Waals surface area (Å²) in [7, 11) is 0. The molecule has 2 aromatic rings. The molecule has 1 atom stereocenters. The maximum absolute atomic E-state index is 13.4. The number of allylic oxidation sites excluding steroid dienone is 1. The predicted octanol–water partition coefficient (Wildman–Crippen LogP) is 3.49. The smallest absolute Gasteiger partial charge is 0.420 e. The Morgan fingerprint density at radius 1 is 1.26 bits per heavy atom. The summed E-state index contributed by atoms with van der Waals surface area (Å²) in [5.74, 6) is -1.53. The van der Waals surface area contributed by atoms with Crippen LogP contribution in [0.3, 0.4) is 0 Å². The number of ether oxygens (including phenoxy) is 1. The summed E-state index contributed by atoms with van der Waals surface area (Å²) in [5, 5.41) is 15.0. The van der Waals surface area contributed by atoms with Gasteiger partial charge in [0.05, 0.1) is 11.5 Å². The van der Waals surface area contributed by atoms with Gasteiger partial charge in [0.2, 0.25) is 11.8 Å². The SMILES string of the molecule is CCN(CC)c1ccc(C2C(C#N)=C(N)Oc3n[nH]c(C(F)(F)F)c32)cc1. The molecule has 3 N–H and O–H groups in total. The van der Waals surface area contributed by atoms with E-state index in [0.717, 1.165) is 18.8 Å². The van der Waals surface area contributed by atoms with Gasteiger partial charge in [-0.3, -0.25) is 5.10 Å². The molecular formula is C18H18F3N5O. The van der Waals surface area contributed by atoms with Crippen molar-refractivity contribution in [2.45, 2.75) is 25.9 Å². The Bertz CT molecular complexity index is 905. The number of H-pyrrole nitrogens is 1. The first-order valence-corrected chi connectivity index (χ1v) is 8.39. The van der Waals surface area contributed by atoms with Crippen LogP contribution in [0.1, 0.15) is 36.6 Å². The summed E-state index contributed by atoms with van der Waals surface area (Å²) < 4.78 is 45.4. The van der Waals surface area contributed by atoms with E-state index in [0.29, 0.717) is 5.56 Å². The number of aromatic nitrogens is 2. The lowest BCUT2D eigenvalue weighted by Crippen LogP contribution is -2.23. The molecule has 1 aromatic carbocycles. The molecule has 1 unspecified atom stereocenters. The van der Waals surface area contributed by atoms with Gasteiger partial charge in [0.1, 0.15) is 17.3 Å². The van der Waals surface area contributed by atoms with Crippen LogP contribution in [0.25, 0.3) is 0 Å². The second-order valence-corrected chi connectivity index (χ2v) is 6.00. The molecule has 6 nitrogen and oxygen atoms in total. The van der Waals surface area contributed by atoms with Crippen LogP contribution >= 0.6 is 0 Å². The summed E-state index contributed by atoms with van der Waals surface area (Å²) >= 11 is 0. The average molecular weight is 377 g/mol. The molecule has 2 heterocycles. The van der Waals surface area contributed by atoms with Gasteiger partial charge in [0, 0.05) is 18.8 Å². The normalized spacial score (nSPS) is 16.5. The molecule has 0 bridgehead atoms. The van der Waals surface area contributed by atoms with E-state index in [1.54, 1.807) is 12.1 Å². The van der Waals surface area contributed by atoms with Crippen molar-refractivity contribution in [3.63, 3.8) is 0 Å². The van der Waals surface area contributed by atoms with Gasteiger partial charge in [-0.05, 0) is 31.5 Å². The fourth-order valence-corrected chi connectivity index (χ4v) is 3.26. The fourth-order valence-electron chi connectivity index (χ4n) is 3.26. The van der Waals surface area contributed by atoms with Crippen LogP contribution in [0.5, 0.6) is 5.88 Å². The highest BCUT2D eigenvalue weighted by Gasteiger charge is 2.44. The molecule has 3 rings (SSSR count). The molecule has 1 aliphatic rings. The van der Waals surface area contributed by atoms with E-state index in [1.807, 2.05) is 37.1 Å². The Labute approximate surface area is 154 Å². The van der Waals surface area contributed by atoms with E-state index in [4.69, 9.17) is 10.5 Å². The minimum atomic E-state index is -4.67. The second-order valence-electron chi connectivity index (χ2n) is 6.00. The maximum atomic E-state index is 13.4. The van der Waals surface area contributed by atoms with Crippen molar-refractivity contribution in [2.75, 3.05) is 18.0 Å². The van der Waals surface area contributed by atoms with Gasteiger partial charge in [0.15, 0.2) is 0 Å². The molecule has 9 heteroatoms. The van der Waals surface area contributed by atoms with Gasteiger partial charge >= 0.3 is 6.18 Å². The molecular weight excluding hydrogens is 359 g/mol. The third kappa shape index (κ3) is 3.18. The summed E-state index contributed by atoms with van der Waals surface area (Å²) in [6, 6.07) is 8.91. The number of hydrogen-bond donors (Lipinski definition) is 2. The van der Waals surface area contributed by atoms with Crippen molar-refractivity contribution >= 4 is 5.69 Å². The lowest BCUT2D eigenvalue weighted by atomic mass is 9.84. The third-order valence-corrected chi connectivity index (χ3v) is 4.58. The first-order chi connectivity index (χ1) is 12.8. The number of rotatable bonds is 4. The van der Waals surface area contributed by atoms with Crippen molar-refractivity contribution in [1.29, 1.82) is 5.26 Å². The highest BCUT2D eigenvalue weighted by atomic mass is 19.4. The standard InChI is InChI=1S/C18H18F3N5O/c1-3-26(4-2)11-7-5-10(6-8-11)13-12(9-22)16(23)27-17-14(13)15(24-25-17)18(19,20)21/h5-8,13H,3-4,23H2,1-2H3,(H,24,25). The van der Waals surface area contributed by atoms with Crippen LogP contribution in [0.15, 0.2) is 35.7 Å². The van der Waals surface area contributed by atoms with E-state index in [9.17, 15) is 18.4 Å². The Morgan fingerprint density at radius 3 is 2.41 bits per heavy atom. The number of nitriles is 1. The summed E-state index contributed by atoms with van der Waals surface area (Å²) in [4.78, 5) is 2.10. The Kier molecular flexibility index (Phi) is 4.74. The molecule has 0 saturated carbocycles. The lowest BCUT2D eigenvalue weighted by Gasteiger charge is -2.26. The molecule has 0 saturated heterocycles. The van der Waals surface area contributed by atoms with E-state index >= 15 is 0 Å². The van der Waals surface area contributed by atoms with E-state index in [1.165, 1.54) is 0 Å². The number of alkyl halides is 3. The van der Waals surface area contributed by atoms with E-state index < -0.39 is 17.8 Å². The first kappa shape index (κ1) is 18.6. The molecule has 0 radical (unpaired) electrons. The van der Waals surface area contributed by atoms with Crippen molar-refractivity contribution in [1.82, 2.24) is 10.2 Å². The molecule has 0 fully saturated rings. The molecule has 27 heavy (non-hydrogen) atoms. The summed E-state index contributed by atoms with van der Waals surface area (Å²) in [6.45, 7) is 5.63. The molecule has 1 aromatic heterocycles. The van der Waals surface area contributed by atoms with Crippen molar-refractivity contribution in [3.05, 3.63) is 52.5 Å². The third-order valence-electron chi connectivity index (χ3n) is 4.58. The van der Waals surface area contributed by atoms with Gasteiger partial charge in [-0.1, -0.05) is 12.1 Å². The number of halogens is 3. The largest absolute Gasteiger partial charge is 0.433 e. The number of hydrogen-bond acceptors (Lipinski definition) is 5. The van der Waals surface area contributed by atoms with Gasteiger partial charge in [0.25, 0.3) is 0 Å². The van der Waals surface area contributed by atoms with Gasteiger partial charge in [-0.2, -0.15) is 18.4 Å². The monoisotopic (exact) mass is 377 g/mol. The van der Waals surface area contributed by atoms with Crippen LogP contribution in [0.4, 0.5) is 18.9 Å². The summed E-state index contributed by atoms with van der Waals surface area (Å²) in [5.41, 5.74) is 5.85. The van der Waals surface area contributed by atoms with Crippen molar-refractivity contribution in [2.24, 2.45) is 5.73 Å². The highest BCUT2D eigenvalue weighted by Crippen LogP contribution is 2.46. The number of aromatic amines is 1. The topological polar surface area (TPSA) is 91.0 Å². The van der Waals surface area contributed by atoms with Crippen LogP contribution in [0.2, 0.25) is 0 Å². The van der Waals surface area contributed by atoms with Gasteiger partial charge in [-0.25, -0.2) is 0 Å². The summed E-state index contributed by atoms with van der Waals surface area (Å²) in [6.07, 6.45) is -4.67. The van der Waals surface area contributed by atoms with Gasteiger partial charge in [-0.15, -0.1) is 5.10 Å². The Balaban J connectivity index is 2.14. The van der Waals surface area contributed by atoms with Crippen LogP contribution in [-0.2, 0) is 6.18 Å². The number of fused-ring (bicyclic) bond motifs is 1. The number of nitrogens with zero attached hydrogens (tertiary/aromatic N) is 3.